The number of benzene rings is 1. The van der Waals surface area contributed by atoms with E-state index in [1.807, 2.05) is 17.5 Å². The lowest BCUT2D eigenvalue weighted by atomic mass is 10.1. The summed E-state index contributed by atoms with van der Waals surface area (Å²) >= 11 is 1.50. The zero-order valence-electron chi connectivity index (χ0n) is 15.8. The fourth-order valence-electron chi connectivity index (χ4n) is 4.05. The minimum atomic E-state index is -2.63. The Balaban J connectivity index is 1.42. The molecule has 5 nitrogen and oxygen atoms in total. The monoisotopic (exact) mass is 419 g/mol. The van der Waals surface area contributed by atoms with E-state index in [2.05, 4.69) is 5.32 Å². The van der Waals surface area contributed by atoms with Gasteiger partial charge in [0.15, 0.2) is 0 Å². The molecule has 3 heterocycles. The molecule has 0 radical (unpaired) electrons. The Morgan fingerprint density at radius 1 is 1.28 bits per heavy atom. The Morgan fingerprint density at radius 2 is 2.10 bits per heavy atom. The fourth-order valence-corrected chi connectivity index (χ4v) is 4.78. The number of carbonyl (C=O) groups is 1. The average molecular weight is 419 g/mol. The number of hydrogen-bond acceptors (Lipinski definition) is 3. The topological polar surface area (TPSA) is 57.5 Å². The number of aliphatic hydroxyl groups excluding tert-OH is 1. The summed E-state index contributed by atoms with van der Waals surface area (Å²) in [6, 6.07) is 10.5. The summed E-state index contributed by atoms with van der Waals surface area (Å²) < 4.78 is 27.5. The van der Waals surface area contributed by atoms with Crippen molar-refractivity contribution in [1.82, 2.24) is 14.8 Å². The number of nitrogens with zero attached hydrogens (tertiary/aromatic N) is 2. The lowest BCUT2D eigenvalue weighted by Gasteiger charge is -2.26. The molecule has 2 aromatic heterocycles. The molecular formula is C21H23F2N3O2S. The van der Waals surface area contributed by atoms with E-state index >= 15 is 0 Å². The van der Waals surface area contributed by atoms with Crippen LogP contribution in [-0.2, 0) is 6.54 Å². The third-order valence-corrected chi connectivity index (χ3v) is 6.44. The van der Waals surface area contributed by atoms with Gasteiger partial charge in [-0.15, -0.1) is 11.3 Å². The molecule has 1 aromatic carbocycles. The minimum absolute atomic E-state index is 0.0329. The van der Waals surface area contributed by atoms with Gasteiger partial charge in [-0.3, -0.25) is 4.57 Å². The van der Waals surface area contributed by atoms with Gasteiger partial charge in [0.05, 0.1) is 11.6 Å². The largest absolute Gasteiger partial charge is 0.387 e. The molecule has 154 valence electrons. The molecule has 2 N–H and O–H groups in total. The van der Waals surface area contributed by atoms with Crippen LogP contribution >= 0.6 is 11.3 Å². The fraction of sp³-hybridized carbons (Fsp3) is 0.381. The summed E-state index contributed by atoms with van der Waals surface area (Å²) in [7, 11) is 0. The zero-order valence-corrected chi connectivity index (χ0v) is 16.6. The first kappa shape index (κ1) is 19.8. The van der Waals surface area contributed by atoms with E-state index in [-0.39, 0.29) is 18.6 Å². The Kier molecular flexibility index (Phi) is 5.82. The first-order valence-electron chi connectivity index (χ1n) is 9.67. The van der Waals surface area contributed by atoms with Crippen molar-refractivity contribution in [3.63, 3.8) is 0 Å². The van der Waals surface area contributed by atoms with E-state index in [1.54, 1.807) is 29.2 Å². The summed E-state index contributed by atoms with van der Waals surface area (Å²) in [5.74, 6) is 0. The van der Waals surface area contributed by atoms with Gasteiger partial charge in [0.2, 0.25) is 0 Å². The number of amides is 2. The van der Waals surface area contributed by atoms with Crippen LogP contribution in [0.3, 0.4) is 0 Å². The van der Waals surface area contributed by atoms with Gasteiger partial charge < -0.3 is 15.3 Å². The van der Waals surface area contributed by atoms with Crippen LogP contribution in [0.4, 0.5) is 13.6 Å². The van der Waals surface area contributed by atoms with Gasteiger partial charge in [-0.2, -0.15) is 8.78 Å². The Hall–Kier alpha value is -2.45. The molecule has 1 aliphatic rings. The number of para-hydroxylation sites is 1. The molecule has 1 saturated heterocycles. The minimum Gasteiger partial charge on any atom is -0.387 e. The molecule has 29 heavy (non-hydrogen) atoms. The first-order valence-corrected chi connectivity index (χ1v) is 10.5. The second kappa shape index (κ2) is 8.51. The summed E-state index contributed by atoms with van der Waals surface area (Å²) in [6.07, 6.45) is 3.05. The number of likely N-dealkylation sites (tertiary alicyclic amines) is 1. The number of alkyl halides is 2. The number of carbonyl (C=O) groups excluding carboxylic acids is 1. The van der Waals surface area contributed by atoms with Gasteiger partial charge in [0, 0.05) is 35.6 Å². The molecule has 8 heteroatoms. The number of aromatic nitrogens is 1. The lowest BCUT2D eigenvalue weighted by Crippen LogP contribution is -2.43. The maximum absolute atomic E-state index is 13.3. The number of nitrogens with one attached hydrogen (secondary N) is 1. The Labute approximate surface area is 171 Å². The highest BCUT2D eigenvalue weighted by Crippen LogP contribution is 2.30. The zero-order chi connectivity index (χ0) is 20.4. The summed E-state index contributed by atoms with van der Waals surface area (Å²) in [6.45, 7) is -1.83. The summed E-state index contributed by atoms with van der Waals surface area (Å²) in [4.78, 5) is 15.4. The number of hydrogen-bond donors (Lipinski definition) is 2. The van der Waals surface area contributed by atoms with Crippen LogP contribution in [-0.4, -0.2) is 33.2 Å². The Morgan fingerprint density at radius 3 is 2.86 bits per heavy atom. The predicted molar refractivity (Wildman–Crippen MR) is 109 cm³/mol. The van der Waals surface area contributed by atoms with E-state index < -0.39 is 12.7 Å². The van der Waals surface area contributed by atoms with Gasteiger partial charge in [-0.25, -0.2) is 4.79 Å². The van der Waals surface area contributed by atoms with Crippen molar-refractivity contribution >= 4 is 28.3 Å². The highest BCUT2D eigenvalue weighted by atomic mass is 32.1. The maximum Gasteiger partial charge on any atom is 0.319 e. The molecule has 2 atom stereocenters. The van der Waals surface area contributed by atoms with Gasteiger partial charge >= 0.3 is 12.6 Å². The molecule has 2 unspecified atom stereocenters. The second-order valence-corrected chi connectivity index (χ2v) is 8.25. The quantitative estimate of drug-likeness (QED) is 0.597. The first-order chi connectivity index (χ1) is 14.0. The van der Waals surface area contributed by atoms with Crippen molar-refractivity contribution in [2.24, 2.45) is 0 Å². The normalized spacial score (nSPS) is 17.9. The molecule has 2 amide bonds. The van der Waals surface area contributed by atoms with Crippen LogP contribution in [0, 0.1) is 0 Å². The van der Waals surface area contributed by atoms with Crippen LogP contribution in [0.15, 0.2) is 48.0 Å². The number of aliphatic hydroxyl groups is 1. The molecule has 0 saturated carbocycles. The van der Waals surface area contributed by atoms with Crippen molar-refractivity contribution < 1.29 is 18.7 Å². The van der Waals surface area contributed by atoms with Crippen molar-refractivity contribution in [3.05, 3.63) is 58.4 Å². The van der Waals surface area contributed by atoms with Crippen LogP contribution in [0.1, 0.15) is 42.4 Å². The van der Waals surface area contributed by atoms with Crippen LogP contribution in [0.25, 0.3) is 10.9 Å². The molecule has 4 rings (SSSR count). The van der Waals surface area contributed by atoms with Gasteiger partial charge in [-0.05, 0) is 42.3 Å². The van der Waals surface area contributed by atoms with Gasteiger partial charge in [0.25, 0.3) is 0 Å². The lowest BCUT2D eigenvalue weighted by molar-refractivity contribution is 0.0751. The number of fused-ring (bicyclic) bond motifs is 1. The third kappa shape index (κ3) is 4.13. The van der Waals surface area contributed by atoms with E-state index in [4.69, 9.17) is 0 Å². The van der Waals surface area contributed by atoms with E-state index in [1.165, 1.54) is 17.5 Å². The molecule has 0 bridgehead atoms. The maximum atomic E-state index is 13.3. The highest BCUT2D eigenvalue weighted by Gasteiger charge is 2.31. The molecule has 3 aromatic rings. The van der Waals surface area contributed by atoms with E-state index in [0.29, 0.717) is 29.4 Å². The average Bonchev–Trinajstić information content (AvgIpc) is 3.45. The van der Waals surface area contributed by atoms with Crippen molar-refractivity contribution in [2.45, 2.75) is 44.5 Å². The SMILES string of the molecule is O=C(NCc1cn(C(F)F)c2ccccc12)N1CCCC1CC(O)c1cccs1. The second-order valence-electron chi connectivity index (χ2n) is 7.27. The summed E-state index contributed by atoms with van der Waals surface area (Å²) in [5, 5.41) is 15.9. The Bertz CT molecular complexity index is 974. The predicted octanol–water partition coefficient (Wildman–Crippen LogP) is 4.90. The summed E-state index contributed by atoms with van der Waals surface area (Å²) in [5.41, 5.74) is 1.11. The molecule has 1 aliphatic heterocycles. The smallest absolute Gasteiger partial charge is 0.319 e. The van der Waals surface area contributed by atoms with Crippen LogP contribution < -0.4 is 5.32 Å². The van der Waals surface area contributed by atoms with E-state index in [0.717, 1.165) is 22.3 Å². The van der Waals surface area contributed by atoms with Crippen LogP contribution in [0.2, 0.25) is 0 Å². The van der Waals surface area contributed by atoms with Crippen molar-refractivity contribution in [3.8, 4) is 0 Å². The standard InChI is InChI=1S/C21H23F2N3O2S/c22-20(23)26-13-14(16-6-1-2-7-17(16)26)12-24-21(28)25-9-3-5-15(25)11-18(27)19-8-4-10-29-19/h1-2,4,6-8,10,13,15,18,20,27H,3,5,9,11-12H2,(H,24,28). The van der Waals surface area contributed by atoms with Crippen molar-refractivity contribution in [1.29, 1.82) is 0 Å². The number of urea groups is 1. The number of rotatable bonds is 6. The number of thiophene rings is 1. The molecule has 0 spiro atoms. The highest BCUT2D eigenvalue weighted by molar-refractivity contribution is 7.10. The molecular weight excluding hydrogens is 396 g/mol. The van der Waals surface area contributed by atoms with Gasteiger partial charge in [-0.1, -0.05) is 24.3 Å². The third-order valence-electron chi connectivity index (χ3n) is 5.47. The molecule has 1 fully saturated rings. The van der Waals surface area contributed by atoms with Gasteiger partial charge in [0.1, 0.15) is 0 Å². The number of halogens is 2. The van der Waals surface area contributed by atoms with Crippen LogP contribution in [0.5, 0.6) is 0 Å². The van der Waals surface area contributed by atoms with Crippen molar-refractivity contribution in [2.75, 3.05) is 6.54 Å². The molecule has 0 aliphatic carbocycles. The van der Waals surface area contributed by atoms with E-state index in [9.17, 15) is 18.7 Å².